The van der Waals surface area contributed by atoms with Gasteiger partial charge in [0.2, 0.25) is 0 Å². The highest BCUT2D eigenvalue weighted by molar-refractivity contribution is 5.47. The number of hydrogen-bond donors (Lipinski definition) is 0. The lowest BCUT2D eigenvalue weighted by atomic mass is 10.1. The van der Waals surface area contributed by atoms with E-state index in [2.05, 4.69) is 28.1 Å². The molecule has 1 aliphatic carbocycles. The predicted octanol–water partition coefficient (Wildman–Crippen LogP) is 3.11. The first-order valence-electron chi connectivity index (χ1n) is 6.58. The molecule has 5 nitrogen and oxygen atoms in total. The summed E-state index contributed by atoms with van der Waals surface area (Å²) in [7, 11) is 1.99. The quantitative estimate of drug-likeness (QED) is 0.634. The van der Waals surface area contributed by atoms with Crippen LogP contribution in [0.5, 0.6) is 0 Å². The van der Waals surface area contributed by atoms with Crippen LogP contribution in [0, 0.1) is 10.1 Å². The van der Waals surface area contributed by atoms with Gasteiger partial charge in [-0.05, 0) is 30.0 Å². The summed E-state index contributed by atoms with van der Waals surface area (Å²) in [6, 6.07) is 11.9. The highest BCUT2D eigenvalue weighted by atomic mass is 16.6. The number of fused-ring (bicyclic) bond motifs is 1. The lowest BCUT2D eigenvalue weighted by Gasteiger charge is -2.26. The average Bonchev–Trinajstić information content (AvgIpc) is 2.90. The van der Waals surface area contributed by atoms with Gasteiger partial charge in [0.15, 0.2) is 0 Å². The molecule has 3 rings (SSSR count). The second-order valence-electron chi connectivity index (χ2n) is 5.00. The normalized spacial score (nSPS) is 16.8. The largest absolute Gasteiger partial charge is 0.353 e. The first-order valence-corrected chi connectivity index (χ1v) is 6.58. The third-order valence-electron chi connectivity index (χ3n) is 3.87. The summed E-state index contributed by atoms with van der Waals surface area (Å²) in [6.07, 6.45) is 3.43. The van der Waals surface area contributed by atoms with E-state index in [-0.39, 0.29) is 5.69 Å². The molecular formula is C15H15N3O2. The van der Waals surface area contributed by atoms with Crippen LogP contribution in [0.1, 0.15) is 23.6 Å². The lowest BCUT2D eigenvalue weighted by molar-refractivity contribution is -0.385. The summed E-state index contributed by atoms with van der Waals surface area (Å²) in [4.78, 5) is 16.5. The van der Waals surface area contributed by atoms with E-state index in [1.165, 1.54) is 23.4 Å². The van der Waals surface area contributed by atoms with Crippen molar-refractivity contribution in [2.45, 2.75) is 18.9 Å². The Morgan fingerprint density at radius 2 is 2.10 bits per heavy atom. The van der Waals surface area contributed by atoms with Gasteiger partial charge >= 0.3 is 0 Å². The molecule has 1 atom stereocenters. The molecule has 1 aliphatic rings. The van der Waals surface area contributed by atoms with Crippen LogP contribution in [0.2, 0.25) is 0 Å². The first kappa shape index (κ1) is 12.6. The molecular weight excluding hydrogens is 254 g/mol. The Kier molecular flexibility index (Phi) is 3.10. The van der Waals surface area contributed by atoms with E-state index >= 15 is 0 Å². The molecule has 0 bridgehead atoms. The molecule has 0 aliphatic heterocycles. The molecule has 0 saturated carbocycles. The van der Waals surface area contributed by atoms with Crippen LogP contribution in [-0.4, -0.2) is 17.0 Å². The summed E-state index contributed by atoms with van der Waals surface area (Å²) in [5, 5.41) is 10.7. The molecule has 0 saturated heterocycles. The molecule has 1 aromatic carbocycles. The van der Waals surface area contributed by atoms with Gasteiger partial charge in [-0.25, -0.2) is 4.98 Å². The maximum Gasteiger partial charge on any atom is 0.287 e. The maximum atomic E-state index is 10.7. The number of rotatable bonds is 3. The van der Waals surface area contributed by atoms with E-state index in [1.807, 2.05) is 13.1 Å². The van der Waals surface area contributed by atoms with Crippen LogP contribution in [0.15, 0.2) is 42.6 Å². The lowest BCUT2D eigenvalue weighted by Crippen LogP contribution is -2.23. The maximum absolute atomic E-state index is 10.7. The third-order valence-corrected chi connectivity index (χ3v) is 3.87. The second kappa shape index (κ2) is 4.92. The zero-order chi connectivity index (χ0) is 14.1. The highest BCUT2D eigenvalue weighted by Crippen LogP contribution is 2.36. The SMILES string of the molecule is CN(c1ccc([N+](=O)[O-])cn1)C1CCc2ccccc21. The van der Waals surface area contributed by atoms with Gasteiger partial charge in [-0.3, -0.25) is 10.1 Å². The van der Waals surface area contributed by atoms with E-state index in [4.69, 9.17) is 0 Å². The molecule has 2 aromatic rings. The Morgan fingerprint density at radius 1 is 1.30 bits per heavy atom. The number of nitrogens with zero attached hydrogens (tertiary/aromatic N) is 3. The molecule has 20 heavy (non-hydrogen) atoms. The third kappa shape index (κ3) is 2.11. The minimum Gasteiger partial charge on any atom is -0.353 e. The number of benzene rings is 1. The number of nitro groups is 1. The van der Waals surface area contributed by atoms with Crippen molar-refractivity contribution in [1.82, 2.24) is 4.98 Å². The smallest absolute Gasteiger partial charge is 0.287 e. The summed E-state index contributed by atoms with van der Waals surface area (Å²) in [5.74, 6) is 0.761. The molecule has 1 heterocycles. The fourth-order valence-electron chi connectivity index (χ4n) is 2.79. The second-order valence-corrected chi connectivity index (χ2v) is 5.00. The fourth-order valence-corrected chi connectivity index (χ4v) is 2.79. The molecule has 0 spiro atoms. The van der Waals surface area contributed by atoms with Crippen molar-refractivity contribution < 1.29 is 4.92 Å². The van der Waals surface area contributed by atoms with Crippen molar-refractivity contribution in [1.29, 1.82) is 0 Å². The van der Waals surface area contributed by atoms with Crippen molar-refractivity contribution in [2.75, 3.05) is 11.9 Å². The van der Waals surface area contributed by atoms with Crippen LogP contribution in [-0.2, 0) is 6.42 Å². The van der Waals surface area contributed by atoms with Gasteiger partial charge in [0.25, 0.3) is 5.69 Å². The molecule has 102 valence electrons. The summed E-state index contributed by atoms with van der Waals surface area (Å²) >= 11 is 0. The molecule has 0 N–H and O–H groups in total. The van der Waals surface area contributed by atoms with Gasteiger partial charge in [0.1, 0.15) is 12.0 Å². The number of aromatic nitrogens is 1. The molecule has 0 fully saturated rings. The minimum absolute atomic E-state index is 0.0222. The van der Waals surface area contributed by atoms with Crippen molar-refractivity contribution in [2.24, 2.45) is 0 Å². The topological polar surface area (TPSA) is 59.3 Å². The Hall–Kier alpha value is -2.43. The Morgan fingerprint density at radius 3 is 2.80 bits per heavy atom. The van der Waals surface area contributed by atoms with Gasteiger partial charge in [0.05, 0.1) is 11.0 Å². The predicted molar refractivity (Wildman–Crippen MR) is 76.8 cm³/mol. The van der Waals surface area contributed by atoms with Crippen LogP contribution < -0.4 is 4.90 Å². The van der Waals surface area contributed by atoms with Crippen LogP contribution in [0.3, 0.4) is 0 Å². The van der Waals surface area contributed by atoms with Gasteiger partial charge in [-0.2, -0.15) is 0 Å². The van der Waals surface area contributed by atoms with Gasteiger partial charge in [0, 0.05) is 13.1 Å². The Bertz CT molecular complexity index is 640. The van der Waals surface area contributed by atoms with Crippen molar-refractivity contribution in [3.8, 4) is 0 Å². The monoisotopic (exact) mass is 269 g/mol. The van der Waals surface area contributed by atoms with Crippen molar-refractivity contribution >= 4 is 11.5 Å². The average molecular weight is 269 g/mol. The molecule has 0 radical (unpaired) electrons. The summed E-state index contributed by atoms with van der Waals surface area (Å²) in [5.41, 5.74) is 2.73. The minimum atomic E-state index is -0.429. The number of anilines is 1. The van der Waals surface area contributed by atoms with E-state index < -0.39 is 4.92 Å². The van der Waals surface area contributed by atoms with Crippen LogP contribution in [0.4, 0.5) is 11.5 Å². The van der Waals surface area contributed by atoms with Crippen molar-refractivity contribution in [3.05, 3.63) is 63.8 Å². The van der Waals surface area contributed by atoms with Gasteiger partial charge in [-0.15, -0.1) is 0 Å². The zero-order valence-electron chi connectivity index (χ0n) is 11.2. The van der Waals surface area contributed by atoms with E-state index in [1.54, 1.807) is 6.07 Å². The molecule has 0 amide bonds. The van der Waals surface area contributed by atoms with E-state index in [9.17, 15) is 10.1 Å². The Labute approximate surface area is 117 Å². The highest BCUT2D eigenvalue weighted by Gasteiger charge is 2.26. The van der Waals surface area contributed by atoms with Crippen LogP contribution >= 0.6 is 0 Å². The van der Waals surface area contributed by atoms with E-state index in [0.717, 1.165) is 18.7 Å². The van der Waals surface area contributed by atoms with E-state index in [0.29, 0.717) is 6.04 Å². The zero-order valence-corrected chi connectivity index (χ0v) is 11.2. The molecule has 1 aromatic heterocycles. The molecule has 1 unspecified atom stereocenters. The standard InChI is InChI=1S/C15H15N3O2/c1-17(15-9-7-12(10-16-15)18(19)20)14-8-6-11-4-2-3-5-13(11)14/h2-5,7,9-10,14H,6,8H2,1H3. The van der Waals surface area contributed by atoms with Crippen molar-refractivity contribution in [3.63, 3.8) is 0 Å². The molecule has 5 heteroatoms. The van der Waals surface area contributed by atoms with Gasteiger partial charge < -0.3 is 4.90 Å². The first-order chi connectivity index (χ1) is 9.66. The summed E-state index contributed by atoms with van der Waals surface area (Å²) in [6.45, 7) is 0. The number of aryl methyl sites for hydroxylation is 1. The van der Waals surface area contributed by atoms with Crippen LogP contribution in [0.25, 0.3) is 0 Å². The fraction of sp³-hybridized carbons (Fsp3) is 0.267. The summed E-state index contributed by atoms with van der Waals surface area (Å²) < 4.78 is 0. The van der Waals surface area contributed by atoms with Gasteiger partial charge in [-0.1, -0.05) is 24.3 Å². The Balaban J connectivity index is 1.86. The number of hydrogen-bond acceptors (Lipinski definition) is 4. The number of pyridine rings is 1.